The molecule has 1 aromatic carbocycles. The Hall–Kier alpha value is -2.24. The van der Waals surface area contributed by atoms with Crippen molar-refractivity contribution in [2.45, 2.75) is 32.4 Å². The first kappa shape index (κ1) is 16.1. The van der Waals surface area contributed by atoms with Crippen LogP contribution in [0.15, 0.2) is 30.3 Å². The summed E-state index contributed by atoms with van der Waals surface area (Å²) in [6, 6.07) is 9.23. The van der Waals surface area contributed by atoms with Crippen molar-refractivity contribution in [3.05, 3.63) is 30.3 Å². The SMILES string of the molecule is CC(C)N1C[C@@H](NC(=O)NCCOc2ccccc2)CC1=O. The Labute approximate surface area is 130 Å². The fourth-order valence-electron chi connectivity index (χ4n) is 2.41. The third-order valence-corrected chi connectivity index (χ3v) is 3.52. The van der Waals surface area contributed by atoms with E-state index in [4.69, 9.17) is 4.74 Å². The van der Waals surface area contributed by atoms with Crippen molar-refractivity contribution in [1.82, 2.24) is 15.5 Å². The smallest absolute Gasteiger partial charge is 0.315 e. The normalized spacial score (nSPS) is 17.7. The van der Waals surface area contributed by atoms with E-state index in [0.717, 1.165) is 5.75 Å². The van der Waals surface area contributed by atoms with Crippen molar-refractivity contribution in [2.75, 3.05) is 19.7 Å². The summed E-state index contributed by atoms with van der Waals surface area (Å²) >= 11 is 0. The van der Waals surface area contributed by atoms with Gasteiger partial charge < -0.3 is 20.3 Å². The molecule has 0 bridgehead atoms. The second-order valence-corrected chi connectivity index (χ2v) is 5.60. The Bertz CT molecular complexity index is 505. The lowest BCUT2D eigenvalue weighted by atomic mass is 10.2. The maximum atomic E-state index is 11.8. The molecule has 1 aliphatic heterocycles. The molecule has 120 valence electrons. The second kappa shape index (κ2) is 7.68. The van der Waals surface area contributed by atoms with Crippen LogP contribution in [0.1, 0.15) is 20.3 Å². The molecule has 0 saturated carbocycles. The molecule has 0 radical (unpaired) electrons. The van der Waals surface area contributed by atoms with Gasteiger partial charge >= 0.3 is 6.03 Å². The minimum atomic E-state index is -0.264. The Morgan fingerprint density at radius 2 is 2.09 bits per heavy atom. The van der Waals surface area contributed by atoms with Gasteiger partial charge in [0.05, 0.1) is 12.6 Å². The highest BCUT2D eigenvalue weighted by Gasteiger charge is 2.31. The van der Waals surface area contributed by atoms with Crippen molar-refractivity contribution in [2.24, 2.45) is 0 Å². The number of rotatable bonds is 6. The molecule has 1 aliphatic rings. The number of carbonyl (C=O) groups excluding carboxylic acids is 2. The largest absolute Gasteiger partial charge is 0.492 e. The Kier molecular flexibility index (Phi) is 5.63. The molecule has 0 aromatic heterocycles. The molecule has 1 atom stereocenters. The fraction of sp³-hybridized carbons (Fsp3) is 0.500. The zero-order valence-electron chi connectivity index (χ0n) is 13.0. The summed E-state index contributed by atoms with van der Waals surface area (Å²) in [4.78, 5) is 25.3. The average Bonchev–Trinajstić information content (AvgIpc) is 2.85. The minimum absolute atomic E-state index is 0.0905. The van der Waals surface area contributed by atoms with E-state index in [1.807, 2.05) is 44.2 Å². The number of hydrogen-bond acceptors (Lipinski definition) is 3. The maximum absolute atomic E-state index is 11.8. The molecule has 2 rings (SSSR count). The van der Waals surface area contributed by atoms with Crippen molar-refractivity contribution in [3.63, 3.8) is 0 Å². The van der Waals surface area contributed by atoms with Gasteiger partial charge in [0.2, 0.25) is 5.91 Å². The maximum Gasteiger partial charge on any atom is 0.315 e. The lowest BCUT2D eigenvalue weighted by Crippen LogP contribution is -2.44. The second-order valence-electron chi connectivity index (χ2n) is 5.60. The number of urea groups is 1. The quantitative estimate of drug-likeness (QED) is 0.780. The zero-order valence-corrected chi connectivity index (χ0v) is 13.0. The molecule has 1 saturated heterocycles. The summed E-state index contributed by atoms with van der Waals surface area (Å²) in [7, 11) is 0. The molecule has 22 heavy (non-hydrogen) atoms. The van der Waals surface area contributed by atoms with Gasteiger partial charge in [0.15, 0.2) is 0 Å². The molecule has 0 spiro atoms. The lowest BCUT2D eigenvalue weighted by molar-refractivity contribution is -0.129. The van der Waals surface area contributed by atoms with Crippen LogP contribution in [0, 0.1) is 0 Å². The zero-order chi connectivity index (χ0) is 15.9. The van der Waals surface area contributed by atoms with Crippen LogP contribution < -0.4 is 15.4 Å². The first-order chi connectivity index (χ1) is 10.6. The van der Waals surface area contributed by atoms with Gasteiger partial charge in [-0.2, -0.15) is 0 Å². The summed E-state index contributed by atoms with van der Waals surface area (Å²) in [5.41, 5.74) is 0. The number of nitrogens with zero attached hydrogens (tertiary/aromatic N) is 1. The third kappa shape index (κ3) is 4.65. The number of hydrogen-bond donors (Lipinski definition) is 2. The van der Waals surface area contributed by atoms with Gasteiger partial charge in [0.1, 0.15) is 12.4 Å². The van der Waals surface area contributed by atoms with Crippen LogP contribution in [0.3, 0.4) is 0 Å². The molecule has 1 heterocycles. The average molecular weight is 305 g/mol. The number of nitrogens with one attached hydrogen (secondary N) is 2. The summed E-state index contributed by atoms with van der Waals surface area (Å²) < 4.78 is 5.49. The number of benzene rings is 1. The summed E-state index contributed by atoms with van der Waals surface area (Å²) in [5.74, 6) is 0.867. The topological polar surface area (TPSA) is 70.7 Å². The van der Waals surface area contributed by atoms with Crippen LogP contribution >= 0.6 is 0 Å². The van der Waals surface area contributed by atoms with E-state index in [9.17, 15) is 9.59 Å². The van der Waals surface area contributed by atoms with Crippen molar-refractivity contribution in [1.29, 1.82) is 0 Å². The number of amides is 3. The van der Waals surface area contributed by atoms with E-state index in [0.29, 0.717) is 26.1 Å². The van der Waals surface area contributed by atoms with Crippen LogP contribution in [0.5, 0.6) is 5.75 Å². The number of likely N-dealkylation sites (tertiary alicyclic amines) is 1. The fourth-order valence-corrected chi connectivity index (χ4v) is 2.41. The molecule has 3 amide bonds. The first-order valence-electron chi connectivity index (χ1n) is 7.58. The van der Waals surface area contributed by atoms with E-state index in [1.54, 1.807) is 4.90 Å². The monoisotopic (exact) mass is 305 g/mol. The molecule has 1 fully saturated rings. The van der Waals surface area contributed by atoms with Crippen LogP contribution in [0.25, 0.3) is 0 Å². The number of ether oxygens (including phenoxy) is 1. The summed E-state index contributed by atoms with van der Waals surface area (Å²) in [5, 5.41) is 5.56. The highest BCUT2D eigenvalue weighted by Crippen LogP contribution is 2.14. The van der Waals surface area contributed by atoms with E-state index in [-0.39, 0.29) is 24.0 Å². The van der Waals surface area contributed by atoms with Gasteiger partial charge in [-0.1, -0.05) is 18.2 Å². The Balaban J connectivity index is 1.63. The molecule has 2 N–H and O–H groups in total. The van der Waals surface area contributed by atoms with E-state index in [1.165, 1.54) is 0 Å². The van der Waals surface area contributed by atoms with E-state index in [2.05, 4.69) is 10.6 Å². The predicted octanol–water partition coefficient (Wildman–Crippen LogP) is 1.37. The lowest BCUT2D eigenvalue weighted by Gasteiger charge is -2.21. The van der Waals surface area contributed by atoms with Gasteiger partial charge in [-0.15, -0.1) is 0 Å². The molecule has 1 aromatic rings. The third-order valence-electron chi connectivity index (χ3n) is 3.52. The predicted molar refractivity (Wildman–Crippen MR) is 83.7 cm³/mol. The van der Waals surface area contributed by atoms with Crippen LogP contribution in [0.2, 0.25) is 0 Å². The molecular formula is C16H23N3O3. The molecule has 6 heteroatoms. The molecular weight excluding hydrogens is 282 g/mol. The minimum Gasteiger partial charge on any atom is -0.492 e. The summed E-state index contributed by atoms with van der Waals surface area (Å²) in [6.07, 6.45) is 0.367. The van der Waals surface area contributed by atoms with Gasteiger partial charge in [-0.05, 0) is 26.0 Å². The number of carbonyl (C=O) groups is 2. The van der Waals surface area contributed by atoms with Crippen LogP contribution in [-0.2, 0) is 4.79 Å². The molecule has 0 aliphatic carbocycles. The Morgan fingerprint density at radius 1 is 1.36 bits per heavy atom. The first-order valence-corrected chi connectivity index (χ1v) is 7.58. The van der Waals surface area contributed by atoms with Crippen LogP contribution in [-0.4, -0.2) is 48.6 Å². The van der Waals surface area contributed by atoms with E-state index < -0.39 is 0 Å². The highest BCUT2D eigenvalue weighted by molar-refractivity contribution is 5.81. The van der Waals surface area contributed by atoms with Gasteiger partial charge in [0.25, 0.3) is 0 Å². The van der Waals surface area contributed by atoms with Gasteiger partial charge in [0, 0.05) is 19.0 Å². The van der Waals surface area contributed by atoms with Crippen LogP contribution in [0.4, 0.5) is 4.79 Å². The molecule has 0 unspecified atom stereocenters. The highest BCUT2D eigenvalue weighted by atomic mass is 16.5. The number of para-hydroxylation sites is 1. The van der Waals surface area contributed by atoms with Gasteiger partial charge in [-0.3, -0.25) is 4.79 Å². The van der Waals surface area contributed by atoms with Gasteiger partial charge in [-0.25, -0.2) is 4.79 Å². The molecule has 6 nitrogen and oxygen atoms in total. The standard InChI is InChI=1S/C16H23N3O3/c1-12(2)19-11-13(10-15(19)20)18-16(21)17-8-9-22-14-6-4-3-5-7-14/h3-7,12-13H,8-11H2,1-2H3,(H2,17,18,21)/t13-/m0/s1. The van der Waals surface area contributed by atoms with Crippen molar-refractivity contribution >= 4 is 11.9 Å². The summed E-state index contributed by atoms with van der Waals surface area (Å²) in [6.45, 7) is 5.33. The van der Waals surface area contributed by atoms with E-state index >= 15 is 0 Å². The Morgan fingerprint density at radius 3 is 2.73 bits per heavy atom. The van der Waals surface area contributed by atoms with Crippen molar-refractivity contribution < 1.29 is 14.3 Å². The van der Waals surface area contributed by atoms with Crippen molar-refractivity contribution in [3.8, 4) is 5.75 Å².